The van der Waals surface area contributed by atoms with Crippen molar-refractivity contribution in [2.24, 2.45) is 5.92 Å². The van der Waals surface area contributed by atoms with Gasteiger partial charge in [-0.25, -0.2) is 8.42 Å². The first kappa shape index (κ1) is 24.4. The number of unbranched alkanes of at least 4 members (excludes halogenated alkanes) is 1. The van der Waals surface area contributed by atoms with Crippen molar-refractivity contribution in [3.05, 3.63) is 64.1 Å². The van der Waals surface area contributed by atoms with Crippen LogP contribution in [0.15, 0.2) is 53.0 Å². The van der Waals surface area contributed by atoms with Gasteiger partial charge >= 0.3 is 0 Å². The standard InChI is InChI=1S/C23H31BrN2O3S/c1-4-6-8-18(5-2)16-25-23(27)20-13-11-19(12-14-20)17-26(30(3,28)29)22-10-7-9-21(24)15-22/h7,9-15,18H,4-6,8,16-17H2,1-3H3,(H,25,27). The summed E-state index contributed by atoms with van der Waals surface area (Å²) in [7, 11) is -3.46. The van der Waals surface area contributed by atoms with Crippen LogP contribution in [0, 0.1) is 5.92 Å². The second-order valence-corrected chi connectivity index (χ2v) is 10.4. The van der Waals surface area contributed by atoms with Gasteiger partial charge in [0.1, 0.15) is 0 Å². The van der Waals surface area contributed by atoms with Gasteiger partial charge in [-0.3, -0.25) is 9.10 Å². The van der Waals surface area contributed by atoms with Crippen molar-refractivity contribution in [3.63, 3.8) is 0 Å². The molecular formula is C23H31BrN2O3S. The number of benzene rings is 2. The predicted octanol–water partition coefficient (Wildman–Crippen LogP) is 5.36. The molecule has 0 aromatic heterocycles. The Kier molecular flexibility index (Phi) is 9.37. The molecule has 1 atom stereocenters. The molecule has 0 radical (unpaired) electrons. The Morgan fingerprint density at radius 1 is 1.13 bits per heavy atom. The normalized spacial score (nSPS) is 12.4. The number of rotatable bonds is 11. The molecule has 2 aromatic carbocycles. The number of nitrogens with one attached hydrogen (secondary N) is 1. The molecule has 30 heavy (non-hydrogen) atoms. The van der Waals surface area contributed by atoms with Crippen LogP contribution in [-0.4, -0.2) is 27.1 Å². The second kappa shape index (κ2) is 11.5. The van der Waals surface area contributed by atoms with Crippen LogP contribution >= 0.6 is 15.9 Å². The molecule has 1 N–H and O–H groups in total. The van der Waals surface area contributed by atoms with Gasteiger partial charge in [-0.05, 0) is 48.2 Å². The maximum absolute atomic E-state index is 12.5. The van der Waals surface area contributed by atoms with E-state index in [0.717, 1.165) is 29.3 Å². The van der Waals surface area contributed by atoms with E-state index in [9.17, 15) is 13.2 Å². The summed E-state index contributed by atoms with van der Waals surface area (Å²) in [5.41, 5.74) is 1.98. The van der Waals surface area contributed by atoms with Crippen LogP contribution in [0.25, 0.3) is 0 Å². The molecule has 0 spiro atoms. The number of carbonyl (C=O) groups is 1. The Morgan fingerprint density at radius 3 is 2.40 bits per heavy atom. The third-order valence-corrected chi connectivity index (χ3v) is 6.77. The lowest BCUT2D eigenvalue weighted by Gasteiger charge is -2.23. The maximum atomic E-state index is 12.5. The Labute approximate surface area is 189 Å². The first-order chi connectivity index (χ1) is 14.2. The first-order valence-corrected chi connectivity index (χ1v) is 13.0. The maximum Gasteiger partial charge on any atom is 0.251 e. The highest BCUT2D eigenvalue weighted by Crippen LogP contribution is 2.24. The summed E-state index contributed by atoms with van der Waals surface area (Å²) in [4.78, 5) is 12.5. The van der Waals surface area contributed by atoms with Crippen molar-refractivity contribution < 1.29 is 13.2 Å². The van der Waals surface area contributed by atoms with Gasteiger partial charge in [-0.2, -0.15) is 0 Å². The number of nitrogens with zero attached hydrogens (tertiary/aromatic N) is 1. The third kappa shape index (κ3) is 7.43. The van der Waals surface area contributed by atoms with Crippen molar-refractivity contribution in [2.75, 3.05) is 17.1 Å². The molecule has 7 heteroatoms. The lowest BCUT2D eigenvalue weighted by molar-refractivity contribution is 0.0946. The summed E-state index contributed by atoms with van der Waals surface area (Å²) in [6.07, 6.45) is 5.71. The predicted molar refractivity (Wildman–Crippen MR) is 127 cm³/mol. The molecule has 0 aliphatic carbocycles. The van der Waals surface area contributed by atoms with Gasteiger partial charge < -0.3 is 5.32 Å². The quantitative estimate of drug-likeness (QED) is 0.456. The SMILES string of the molecule is CCCCC(CC)CNC(=O)c1ccc(CN(c2cccc(Br)c2)S(C)(=O)=O)cc1. The molecule has 2 aromatic rings. The molecule has 1 amide bonds. The van der Waals surface area contributed by atoms with E-state index < -0.39 is 10.0 Å². The smallest absolute Gasteiger partial charge is 0.251 e. The molecule has 1 unspecified atom stereocenters. The third-order valence-electron chi connectivity index (χ3n) is 5.13. The molecular weight excluding hydrogens is 464 g/mol. The van der Waals surface area contributed by atoms with E-state index in [2.05, 4.69) is 35.1 Å². The molecule has 0 aliphatic heterocycles. The van der Waals surface area contributed by atoms with E-state index in [1.165, 1.54) is 17.0 Å². The summed E-state index contributed by atoms with van der Waals surface area (Å²) in [5.74, 6) is 0.408. The molecule has 164 valence electrons. The zero-order valence-corrected chi connectivity index (χ0v) is 20.3. The first-order valence-electron chi connectivity index (χ1n) is 10.3. The summed E-state index contributed by atoms with van der Waals surface area (Å²) in [6, 6.07) is 14.3. The van der Waals surface area contributed by atoms with Crippen molar-refractivity contribution in [1.82, 2.24) is 5.32 Å². The molecule has 0 saturated heterocycles. The largest absolute Gasteiger partial charge is 0.352 e. The van der Waals surface area contributed by atoms with Crippen LogP contribution in [0.3, 0.4) is 0 Å². The zero-order valence-electron chi connectivity index (χ0n) is 17.9. The highest BCUT2D eigenvalue weighted by Gasteiger charge is 2.18. The fourth-order valence-electron chi connectivity index (χ4n) is 3.24. The molecule has 0 saturated carbocycles. The average molecular weight is 495 g/mol. The fraction of sp³-hybridized carbons (Fsp3) is 0.435. The Morgan fingerprint density at radius 2 is 1.83 bits per heavy atom. The summed E-state index contributed by atoms with van der Waals surface area (Å²) >= 11 is 3.39. The molecule has 0 heterocycles. The van der Waals surface area contributed by atoms with E-state index in [-0.39, 0.29) is 12.5 Å². The van der Waals surface area contributed by atoms with Gasteiger partial charge in [-0.1, -0.05) is 67.2 Å². The number of amides is 1. The minimum Gasteiger partial charge on any atom is -0.352 e. The number of hydrogen-bond acceptors (Lipinski definition) is 3. The number of hydrogen-bond donors (Lipinski definition) is 1. The monoisotopic (exact) mass is 494 g/mol. The van der Waals surface area contributed by atoms with Crippen molar-refractivity contribution in [3.8, 4) is 0 Å². The van der Waals surface area contributed by atoms with Gasteiger partial charge in [0, 0.05) is 16.6 Å². The van der Waals surface area contributed by atoms with Crippen LogP contribution in [-0.2, 0) is 16.6 Å². The Balaban J connectivity index is 2.06. The molecule has 2 rings (SSSR count). The topological polar surface area (TPSA) is 66.5 Å². The lowest BCUT2D eigenvalue weighted by atomic mass is 9.99. The van der Waals surface area contributed by atoms with Crippen molar-refractivity contribution in [1.29, 1.82) is 0 Å². The number of carbonyl (C=O) groups excluding carboxylic acids is 1. The van der Waals surface area contributed by atoms with Gasteiger partial charge in [0.15, 0.2) is 0 Å². The number of sulfonamides is 1. The van der Waals surface area contributed by atoms with Crippen LogP contribution < -0.4 is 9.62 Å². The van der Waals surface area contributed by atoms with Gasteiger partial charge in [0.25, 0.3) is 5.91 Å². The summed E-state index contributed by atoms with van der Waals surface area (Å²) < 4.78 is 26.8. The van der Waals surface area contributed by atoms with Gasteiger partial charge in [0.05, 0.1) is 18.5 Å². The van der Waals surface area contributed by atoms with Crippen LogP contribution in [0.1, 0.15) is 55.5 Å². The van der Waals surface area contributed by atoms with Gasteiger partial charge in [-0.15, -0.1) is 0 Å². The average Bonchev–Trinajstić information content (AvgIpc) is 2.71. The highest BCUT2D eigenvalue weighted by atomic mass is 79.9. The lowest BCUT2D eigenvalue weighted by Crippen LogP contribution is -2.30. The highest BCUT2D eigenvalue weighted by molar-refractivity contribution is 9.10. The molecule has 0 bridgehead atoms. The molecule has 0 aliphatic rings. The molecule has 5 nitrogen and oxygen atoms in total. The number of halogens is 1. The Bertz CT molecular complexity index is 930. The second-order valence-electron chi connectivity index (χ2n) is 7.57. The van der Waals surface area contributed by atoms with Gasteiger partial charge in [0.2, 0.25) is 10.0 Å². The van der Waals surface area contributed by atoms with E-state index in [1.807, 2.05) is 6.07 Å². The van der Waals surface area contributed by atoms with Crippen LogP contribution in [0.2, 0.25) is 0 Å². The van der Waals surface area contributed by atoms with Crippen LogP contribution in [0.5, 0.6) is 0 Å². The van der Waals surface area contributed by atoms with Crippen molar-refractivity contribution in [2.45, 2.75) is 46.1 Å². The summed E-state index contributed by atoms with van der Waals surface area (Å²) in [5, 5.41) is 3.02. The van der Waals surface area contributed by atoms with Crippen molar-refractivity contribution >= 4 is 37.5 Å². The van der Waals surface area contributed by atoms with E-state index in [0.29, 0.717) is 23.7 Å². The minimum atomic E-state index is -3.46. The molecule has 0 fully saturated rings. The fourth-order valence-corrected chi connectivity index (χ4v) is 4.51. The Hall–Kier alpha value is -1.86. The zero-order chi connectivity index (χ0) is 22.1. The minimum absolute atomic E-state index is 0.0940. The number of anilines is 1. The summed E-state index contributed by atoms with van der Waals surface area (Å²) in [6.45, 7) is 5.21. The van der Waals surface area contributed by atoms with E-state index in [4.69, 9.17) is 0 Å². The van der Waals surface area contributed by atoms with Crippen LogP contribution in [0.4, 0.5) is 5.69 Å². The van der Waals surface area contributed by atoms with E-state index in [1.54, 1.807) is 42.5 Å². The van der Waals surface area contributed by atoms with E-state index >= 15 is 0 Å².